The Morgan fingerprint density at radius 1 is 0.889 bits per heavy atom. The fourth-order valence-electron chi connectivity index (χ4n) is 3.14. The van der Waals surface area contributed by atoms with Crippen molar-refractivity contribution < 1.29 is 19.1 Å². The minimum absolute atomic E-state index is 0.0800. The van der Waals surface area contributed by atoms with Crippen molar-refractivity contribution in [3.8, 4) is 11.5 Å². The summed E-state index contributed by atoms with van der Waals surface area (Å²) in [6, 6.07) is 12.1. The van der Waals surface area contributed by atoms with E-state index in [0.717, 1.165) is 0 Å². The monoisotopic (exact) mass is 388 g/mol. The molecule has 2 amide bonds. The molecule has 0 N–H and O–H groups in total. The molecule has 6 nitrogen and oxygen atoms in total. The molecule has 1 heterocycles. The van der Waals surface area contributed by atoms with Gasteiger partial charge in [-0.15, -0.1) is 0 Å². The molecule has 3 rings (SSSR count). The fraction of sp³-hybridized carbons (Fsp3) is 0.300. The van der Waals surface area contributed by atoms with Crippen LogP contribution in [0.2, 0.25) is 5.02 Å². The minimum Gasteiger partial charge on any atom is -0.493 e. The third-order valence-electron chi connectivity index (χ3n) is 4.56. The number of nitrogens with zero attached hydrogens (tertiary/aromatic N) is 2. The second kappa shape index (κ2) is 8.31. The van der Waals surface area contributed by atoms with Gasteiger partial charge in [-0.3, -0.25) is 9.59 Å². The summed E-state index contributed by atoms with van der Waals surface area (Å²) in [4.78, 5) is 29.0. The van der Waals surface area contributed by atoms with Crippen molar-refractivity contribution >= 4 is 23.4 Å². The number of carbonyl (C=O) groups is 2. The first-order valence-corrected chi connectivity index (χ1v) is 8.98. The number of benzene rings is 2. The first kappa shape index (κ1) is 19.0. The Labute approximate surface area is 163 Å². The molecule has 7 heteroatoms. The van der Waals surface area contributed by atoms with E-state index >= 15 is 0 Å². The van der Waals surface area contributed by atoms with Crippen LogP contribution in [0.5, 0.6) is 11.5 Å². The Morgan fingerprint density at radius 3 is 2.11 bits per heavy atom. The number of ether oxygens (including phenoxy) is 2. The summed E-state index contributed by atoms with van der Waals surface area (Å²) in [5.74, 6) is 0.713. The molecule has 0 bridgehead atoms. The topological polar surface area (TPSA) is 59.1 Å². The van der Waals surface area contributed by atoms with Crippen molar-refractivity contribution in [3.05, 3.63) is 58.6 Å². The molecule has 0 aromatic heterocycles. The van der Waals surface area contributed by atoms with E-state index in [9.17, 15) is 9.59 Å². The number of piperazine rings is 1. The van der Waals surface area contributed by atoms with Gasteiger partial charge in [-0.05, 0) is 30.3 Å². The molecule has 27 heavy (non-hydrogen) atoms. The van der Waals surface area contributed by atoms with Crippen LogP contribution in [0, 0.1) is 0 Å². The zero-order chi connectivity index (χ0) is 19.4. The lowest BCUT2D eigenvalue weighted by Gasteiger charge is -2.35. The van der Waals surface area contributed by atoms with E-state index in [1.165, 1.54) is 14.2 Å². The fourth-order valence-corrected chi connectivity index (χ4v) is 3.33. The average Bonchev–Trinajstić information content (AvgIpc) is 2.72. The Kier molecular flexibility index (Phi) is 5.86. The number of amides is 2. The van der Waals surface area contributed by atoms with Crippen molar-refractivity contribution in [1.82, 2.24) is 9.80 Å². The normalized spacial score (nSPS) is 14.0. The lowest BCUT2D eigenvalue weighted by atomic mass is 10.1. The minimum atomic E-state index is -0.138. The molecule has 142 valence electrons. The van der Waals surface area contributed by atoms with Gasteiger partial charge in [-0.25, -0.2) is 0 Å². The van der Waals surface area contributed by atoms with Crippen LogP contribution in [-0.4, -0.2) is 62.0 Å². The lowest BCUT2D eigenvalue weighted by molar-refractivity contribution is 0.0533. The molecule has 2 aromatic rings. The summed E-state index contributed by atoms with van der Waals surface area (Å²) < 4.78 is 10.6. The molecule has 0 radical (unpaired) electrons. The van der Waals surface area contributed by atoms with Gasteiger partial charge >= 0.3 is 0 Å². The molecule has 1 saturated heterocycles. The zero-order valence-corrected chi connectivity index (χ0v) is 16.0. The first-order valence-electron chi connectivity index (χ1n) is 8.60. The number of methoxy groups -OCH3 is 2. The molecule has 1 aliphatic rings. The van der Waals surface area contributed by atoms with E-state index in [1.807, 2.05) is 0 Å². The highest BCUT2D eigenvalue weighted by molar-refractivity contribution is 6.30. The molecule has 0 saturated carbocycles. The first-order chi connectivity index (χ1) is 13.0. The Hall–Kier alpha value is -2.73. The Morgan fingerprint density at radius 2 is 1.52 bits per heavy atom. The standard InChI is InChI=1S/C20H21ClN2O4/c1-26-17-8-4-7-16(18(17)27-2)20(25)23-11-9-22(10-12-23)19(24)14-5-3-6-15(21)13-14/h3-8,13H,9-12H2,1-2H3. The molecular formula is C20H21ClN2O4. The van der Waals surface area contributed by atoms with Crippen molar-refractivity contribution in [1.29, 1.82) is 0 Å². The van der Waals surface area contributed by atoms with Gasteiger partial charge in [-0.2, -0.15) is 0 Å². The summed E-state index contributed by atoms with van der Waals surface area (Å²) >= 11 is 5.97. The molecule has 1 fully saturated rings. The molecule has 2 aromatic carbocycles. The lowest BCUT2D eigenvalue weighted by Crippen LogP contribution is -2.50. The molecule has 0 aliphatic carbocycles. The Balaban J connectivity index is 1.69. The van der Waals surface area contributed by atoms with Gasteiger partial charge in [0.1, 0.15) is 0 Å². The van der Waals surface area contributed by atoms with Gasteiger partial charge in [0.2, 0.25) is 0 Å². The molecule has 0 spiro atoms. The number of hydrogen-bond donors (Lipinski definition) is 0. The van der Waals surface area contributed by atoms with Crippen LogP contribution in [0.25, 0.3) is 0 Å². The van der Waals surface area contributed by atoms with Crippen molar-refractivity contribution in [2.24, 2.45) is 0 Å². The summed E-state index contributed by atoms with van der Waals surface area (Å²) in [5.41, 5.74) is 1.00. The van der Waals surface area contributed by atoms with Gasteiger partial charge in [-0.1, -0.05) is 23.7 Å². The van der Waals surface area contributed by atoms with Gasteiger partial charge in [0, 0.05) is 36.8 Å². The summed E-state index contributed by atoms with van der Waals surface area (Å²) in [6.07, 6.45) is 0. The number of hydrogen-bond acceptors (Lipinski definition) is 4. The highest BCUT2D eigenvalue weighted by atomic mass is 35.5. The van der Waals surface area contributed by atoms with Gasteiger partial charge in [0.25, 0.3) is 11.8 Å². The predicted molar refractivity (Wildman–Crippen MR) is 103 cm³/mol. The van der Waals surface area contributed by atoms with Crippen LogP contribution in [0.3, 0.4) is 0 Å². The number of rotatable bonds is 4. The summed E-state index contributed by atoms with van der Waals surface area (Å²) in [6.45, 7) is 1.82. The van der Waals surface area contributed by atoms with Crippen LogP contribution < -0.4 is 9.47 Å². The molecule has 0 atom stereocenters. The van der Waals surface area contributed by atoms with Gasteiger partial charge in [0.15, 0.2) is 11.5 Å². The zero-order valence-electron chi connectivity index (χ0n) is 15.3. The third kappa shape index (κ3) is 4.01. The van der Waals surface area contributed by atoms with Gasteiger partial charge in [0.05, 0.1) is 19.8 Å². The number of halogens is 1. The van der Waals surface area contributed by atoms with Crippen LogP contribution in [0.4, 0.5) is 0 Å². The van der Waals surface area contributed by atoms with E-state index in [-0.39, 0.29) is 11.8 Å². The highest BCUT2D eigenvalue weighted by Crippen LogP contribution is 2.31. The van der Waals surface area contributed by atoms with E-state index < -0.39 is 0 Å². The van der Waals surface area contributed by atoms with Crippen LogP contribution in [0.15, 0.2) is 42.5 Å². The summed E-state index contributed by atoms with van der Waals surface area (Å²) in [7, 11) is 3.04. The third-order valence-corrected chi connectivity index (χ3v) is 4.79. The number of para-hydroxylation sites is 1. The SMILES string of the molecule is COc1cccc(C(=O)N2CCN(C(=O)c3cccc(Cl)c3)CC2)c1OC. The van der Waals surface area contributed by atoms with E-state index in [0.29, 0.717) is 53.8 Å². The largest absolute Gasteiger partial charge is 0.493 e. The van der Waals surface area contributed by atoms with E-state index in [2.05, 4.69) is 0 Å². The quantitative estimate of drug-likeness (QED) is 0.808. The maximum Gasteiger partial charge on any atom is 0.257 e. The van der Waals surface area contributed by atoms with Crippen molar-refractivity contribution in [2.75, 3.05) is 40.4 Å². The maximum atomic E-state index is 12.9. The number of carbonyl (C=O) groups excluding carboxylic acids is 2. The molecule has 0 unspecified atom stereocenters. The second-order valence-electron chi connectivity index (χ2n) is 6.14. The van der Waals surface area contributed by atoms with Crippen molar-refractivity contribution in [3.63, 3.8) is 0 Å². The maximum absolute atomic E-state index is 12.9. The van der Waals surface area contributed by atoms with Crippen LogP contribution in [0.1, 0.15) is 20.7 Å². The summed E-state index contributed by atoms with van der Waals surface area (Å²) in [5, 5.41) is 0.528. The second-order valence-corrected chi connectivity index (χ2v) is 6.57. The smallest absolute Gasteiger partial charge is 0.257 e. The van der Waals surface area contributed by atoms with Crippen LogP contribution in [-0.2, 0) is 0 Å². The molecular weight excluding hydrogens is 368 g/mol. The predicted octanol–water partition coefficient (Wildman–Crippen LogP) is 2.96. The molecule has 1 aliphatic heterocycles. The average molecular weight is 389 g/mol. The van der Waals surface area contributed by atoms with Crippen molar-refractivity contribution in [2.45, 2.75) is 0 Å². The highest BCUT2D eigenvalue weighted by Gasteiger charge is 2.27. The van der Waals surface area contributed by atoms with Crippen LogP contribution >= 0.6 is 11.6 Å². The van der Waals surface area contributed by atoms with Gasteiger partial charge < -0.3 is 19.3 Å². The van der Waals surface area contributed by atoms with E-state index in [4.69, 9.17) is 21.1 Å². The Bertz CT molecular complexity index is 848. The van der Waals surface area contributed by atoms with E-state index in [1.54, 1.807) is 52.3 Å².